The molecule has 33 heavy (non-hydrogen) atoms. The van der Waals surface area contributed by atoms with Crippen LogP contribution in [0.15, 0.2) is 72.0 Å². The Kier molecular flexibility index (Phi) is 7.85. The van der Waals surface area contributed by atoms with E-state index in [9.17, 15) is 0 Å². The summed E-state index contributed by atoms with van der Waals surface area (Å²) in [6.45, 7) is 8.32. The van der Waals surface area contributed by atoms with Gasteiger partial charge in [-0.05, 0) is 24.6 Å². The monoisotopic (exact) mass is 446 g/mol. The standard InChI is InChI=1S/C26H34N6O/c1-3-27-26(31-18-16-30(17-19-31)23-10-7-11-24(20-23)33-2)29-13-12-25-28-14-15-32(25)21-22-8-5-4-6-9-22/h4-11,14-15,20H,3,12-13,16-19,21H2,1-2H3,(H,27,29). The highest BCUT2D eigenvalue weighted by Gasteiger charge is 2.20. The molecule has 0 radical (unpaired) electrons. The van der Waals surface area contributed by atoms with Gasteiger partial charge in [0.15, 0.2) is 5.96 Å². The molecule has 174 valence electrons. The number of nitrogens with one attached hydrogen (secondary N) is 1. The molecule has 0 saturated carbocycles. The topological polar surface area (TPSA) is 57.9 Å². The van der Waals surface area contributed by atoms with E-state index in [-0.39, 0.29) is 0 Å². The van der Waals surface area contributed by atoms with Gasteiger partial charge >= 0.3 is 0 Å². The van der Waals surface area contributed by atoms with Gasteiger partial charge in [0.2, 0.25) is 0 Å². The molecular formula is C26H34N6O. The first-order chi connectivity index (χ1) is 16.3. The lowest BCUT2D eigenvalue weighted by atomic mass is 10.2. The van der Waals surface area contributed by atoms with Crippen molar-refractivity contribution >= 4 is 11.6 Å². The summed E-state index contributed by atoms with van der Waals surface area (Å²) in [7, 11) is 1.71. The molecule has 0 amide bonds. The Balaban J connectivity index is 1.34. The first-order valence-electron chi connectivity index (χ1n) is 11.7. The van der Waals surface area contributed by atoms with E-state index >= 15 is 0 Å². The number of methoxy groups -OCH3 is 1. The number of guanidine groups is 1. The summed E-state index contributed by atoms with van der Waals surface area (Å²) < 4.78 is 7.59. The van der Waals surface area contributed by atoms with Crippen molar-refractivity contribution in [2.75, 3.05) is 51.3 Å². The number of nitrogens with zero attached hydrogens (tertiary/aromatic N) is 5. The number of benzene rings is 2. The Morgan fingerprint density at radius 1 is 1.06 bits per heavy atom. The molecule has 2 aromatic carbocycles. The van der Waals surface area contributed by atoms with Crippen LogP contribution in [0.1, 0.15) is 18.3 Å². The van der Waals surface area contributed by atoms with Gasteiger partial charge in [-0.3, -0.25) is 4.99 Å². The second-order valence-electron chi connectivity index (χ2n) is 8.12. The number of aromatic nitrogens is 2. The van der Waals surface area contributed by atoms with Crippen molar-refractivity contribution in [3.05, 3.63) is 78.4 Å². The van der Waals surface area contributed by atoms with Gasteiger partial charge in [0.25, 0.3) is 0 Å². The smallest absolute Gasteiger partial charge is 0.194 e. The summed E-state index contributed by atoms with van der Waals surface area (Å²) in [5.74, 6) is 2.96. The van der Waals surface area contributed by atoms with Crippen molar-refractivity contribution in [2.24, 2.45) is 4.99 Å². The molecule has 1 aliphatic heterocycles. The lowest BCUT2D eigenvalue weighted by Crippen LogP contribution is -2.52. The quantitative estimate of drug-likeness (QED) is 0.425. The first-order valence-corrected chi connectivity index (χ1v) is 11.7. The molecule has 1 fully saturated rings. The summed E-state index contributed by atoms with van der Waals surface area (Å²) in [5, 5.41) is 3.47. The van der Waals surface area contributed by atoms with Crippen molar-refractivity contribution in [1.29, 1.82) is 0 Å². The van der Waals surface area contributed by atoms with Gasteiger partial charge in [-0.25, -0.2) is 4.98 Å². The second-order valence-corrected chi connectivity index (χ2v) is 8.12. The highest BCUT2D eigenvalue weighted by Crippen LogP contribution is 2.22. The van der Waals surface area contributed by atoms with Gasteiger partial charge in [-0.2, -0.15) is 0 Å². The maximum absolute atomic E-state index is 5.38. The molecule has 0 spiro atoms. The van der Waals surface area contributed by atoms with E-state index in [1.807, 2.05) is 24.4 Å². The van der Waals surface area contributed by atoms with Crippen LogP contribution in [0.3, 0.4) is 0 Å². The minimum Gasteiger partial charge on any atom is -0.497 e. The average molecular weight is 447 g/mol. The molecule has 1 saturated heterocycles. The molecule has 0 aliphatic carbocycles. The molecule has 3 aromatic rings. The van der Waals surface area contributed by atoms with E-state index in [0.29, 0.717) is 6.54 Å². The Labute approximate surface area is 196 Å². The minimum absolute atomic E-state index is 0.713. The molecule has 0 atom stereocenters. The third-order valence-corrected chi connectivity index (χ3v) is 5.93. The zero-order valence-electron chi connectivity index (χ0n) is 19.7. The molecule has 2 heterocycles. The molecular weight excluding hydrogens is 412 g/mol. The molecule has 7 heteroatoms. The first kappa shape index (κ1) is 22.7. The van der Waals surface area contributed by atoms with Gasteiger partial charge < -0.3 is 24.4 Å². The largest absolute Gasteiger partial charge is 0.497 e. The van der Waals surface area contributed by atoms with E-state index in [2.05, 4.69) is 74.2 Å². The van der Waals surface area contributed by atoms with E-state index in [1.54, 1.807) is 7.11 Å². The van der Waals surface area contributed by atoms with Crippen LogP contribution in [0.4, 0.5) is 5.69 Å². The van der Waals surface area contributed by atoms with Crippen LogP contribution in [0.25, 0.3) is 0 Å². The zero-order valence-corrected chi connectivity index (χ0v) is 19.7. The van der Waals surface area contributed by atoms with E-state index in [4.69, 9.17) is 9.73 Å². The number of piperazine rings is 1. The molecule has 0 bridgehead atoms. The number of rotatable bonds is 8. The van der Waals surface area contributed by atoms with Crippen LogP contribution in [-0.4, -0.2) is 66.8 Å². The van der Waals surface area contributed by atoms with Gasteiger partial charge in [-0.1, -0.05) is 36.4 Å². The maximum Gasteiger partial charge on any atom is 0.194 e. The Hall–Kier alpha value is -3.48. The minimum atomic E-state index is 0.713. The number of imidazole rings is 1. The highest BCUT2D eigenvalue weighted by atomic mass is 16.5. The Morgan fingerprint density at radius 2 is 1.88 bits per heavy atom. The van der Waals surface area contributed by atoms with Crippen molar-refractivity contribution in [1.82, 2.24) is 19.8 Å². The molecule has 0 unspecified atom stereocenters. The third-order valence-electron chi connectivity index (χ3n) is 5.93. The van der Waals surface area contributed by atoms with Gasteiger partial charge in [0.1, 0.15) is 11.6 Å². The molecule has 1 aliphatic rings. The highest BCUT2D eigenvalue weighted by molar-refractivity contribution is 5.80. The average Bonchev–Trinajstić information content (AvgIpc) is 3.31. The summed E-state index contributed by atoms with van der Waals surface area (Å²) in [4.78, 5) is 14.3. The van der Waals surface area contributed by atoms with E-state index < -0.39 is 0 Å². The summed E-state index contributed by atoms with van der Waals surface area (Å²) >= 11 is 0. The molecule has 4 rings (SSSR count). The second kappa shape index (κ2) is 11.4. The molecule has 7 nitrogen and oxygen atoms in total. The fraction of sp³-hybridized carbons (Fsp3) is 0.385. The fourth-order valence-corrected chi connectivity index (χ4v) is 4.16. The van der Waals surface area contributed by atoms with E-state index in [1.165, 1.54) is 11.3 Å². The maximum atomic E-state index is 5.38. The predicted molar refractivity (Wildman–Crippen MR) is 134 cm³/mol. The van der Waals surface area contributed by atoms with Crippen LogP contribution in [0, 0.1) is 0 Å². The third kappa shape index (κ3) is 6.06. The number of ether oxygens (including phenoxy) is 1. The summed E-state index contributed by atoms with van der Waals surface area (Å²) in [6.07, 6.45) is 4.75. The Morgan fingerprint density at radius 3 is 2.64 bits per heavy atom. The number of hydrogen-bond acceptors (Lipinski definition) is 4. The summed E-state index contributed by atoms with van der Waals surface area (Å²) in [6, 6.07) is 18.8. The number of hydrogen-bond donors (Lipinski definition) is 1. The normalized spacial score (nSPS) is 14.4. The van der Waals surface area contributed by atoms with Crippen molar-refractivity contribution < 1.29 is 4.74 Å². The van der Waals surface area contributed by atoms with Crippen LogP contribution < -0.4 is 15.0 Å². The number of aliphatic imine (C=N–C) groups is 1. The van der Waals surface area contributed by atoms with Crippen LogP contribution in [0.2, 0.25) is 0 Å². The lowest BCUT2D eigenvalue weighted by Gasteiger charge is -2.37. The van der Waals surface area contributed by atoms with Gasteiger partial charge in [-0.15, -0.1) is 0 Å². The number of anilines is 1. The Bertz CT molecular complexity index is 1020. The lowest BCUT2D eigenvalue weighted by molar-refractivity contribution is 0.372. The van der Waals surface area contributed by atoms with Crippen LogP contribution >= 0.6 is 0 Å². The van der Waals surface area contributed by atoms with Crippen molar-refractivity contribution in [3.63, 3.8) is 0 Å². The fourth-order valence-electron chi connectivity index (χ4n) is 4.16. The summed E-state index contributed by atoms with van der Waals surface area (Å²) in [5.41, 5.74) is 2.49. The van der Waals surface area contributed by atoms with Crippen LogP contribution in [-0.2, 0) is 13.0 Å². The van der Waals surface area contributed by atoms with Crippen LogP contribution in [0.5, 0.6) is 5.75 Å². The van der Waals surface area contributed by atoms with E-state index in [0.717, 1.165) is 63.2 Å². The predicted octanol–water partition coefficient (Wildman–Crippen LogP) is 3.27. The molecule has 1 aromatic heterocycles. The van der Waals surface area contributed by atoms with Crippen molar-refractivity contribution in [2.45, 2.75) is 19.9 Å². The van der Waals surface area contributed by atoms with Crippen molar-refractivity contribution in [3.8, 4) is 5.75 Å². The molecule has 1 N–H and O–H groups in total. The zero-order chi connectivity index (χ0) is 22.9. The van der Waals surface area contributed by atoms with Gasteiger partial charge in [0.05, 0.1) is 7.11 Å². The van der Waals surface area contributed by atoms with Gasteiger partial charge in [0, 0.05) is 76.4 Å². The SMILES string of the molecule is CCNC(=NCCc1nccn1Cc1ccccc1)N1CCN(c2cccc(OC)c2)CC1.